The number of carbonyl (C=O) groups excluding carboxylic acids is 2. The third kappa shape index (κ3) is 2.77. The lowest BCUT2D eigenvalue weighted by Gasteiger charge is -2.01. The van der Waals surface area contributed by atoms with Crippen molar-refractivity contribution in [2.24, 2.45) is 17.3 Å². The molecular weight excluding hydrogens is 220 g/mol. The van der Waals surface area contributed by atoms with Crippen LogP contribution in [-0.2, 0) is 14.3 Å². The Balaban J connectivity index is 2.76. The predicted octanol–water partition coefficient (Wildman–Crippen LogP) is 0.673. The Bertz CT molecular complexity index is 400. The first-order chi connectivity index (χ1) is 7.82. The van der Waals surface area contributed by atoms with Crippen LogP contribution in [0.5, 0.6) is 0 Å². The molecule has 0 spiro atoms. The normalized spacial score (nSPS) is 24.5. The van der Waals surface area contributed by atoms with Gasteiger partial charge in [0.1, 0.15) is 0 Å². The third-order valence-electron chi connectivity index (χ3n) is 3.23. The second-order valence-electron chi connectivity index (χ2n) is 4.80. The summed E-state index contributed by atoms with van der Waals surface area (Å²) in [6, 6.07) is 0. The zero-order valence-electron chi connectivity index (χ0n) is 10.6. The minimum absolute atomic E-state index is 0.128. The summed E-state index contributed by atoms with van der Waals surface area (Å²) in [5, 5.41) is 10.8. The SMILES string of the molecule is CCOC(=O)C(C)=C=CC1C(C(=O)[O-])C1(C)C. The number of hydrogen-bond acceptors (Lipinski definition) is 4. The summed E-state index contributed by atoms with van der Waals surface area (Å²) < 4.78 is 4.80. The van der Waals surface area contributed by atoms with Crippen LogP contribution < -0.4 is 5.11 Å². The summed E-state index contributed by atoms with van der Waals surface area (Å²) in [5.74, 6) is -2.10. The summed E-state index contributed by atoms with van der Waals surface area (Å²) in [7, 11) is 0. The average Bonchev–Trinajstić information content (AvgIpc) is 2.77. The molecule has 0 aromatic rings. The van der Waals surface area contributed by atoms with E-state index in [0.717, 1.165) is 0 Å². The van der Waals surface area contributed by atoms with Crippen molar-refractivity contribution in [1.82, 2.24) is 0 Å². The number of aliphatic carboxylic acids is 1. The van der Waals surface area contributed by atoms with E-state index in [1.54, 1.807) is 19.9 Å². The maximum atomic E-state index is 11.3. The molecule has 0 aromatic heterocycles. The molecule has 0 radical (unpaired) electrons. The van der Waals surface area contributed by atoms with Gasteiger partial charge in [0, 0.05) is 11.9 Å². The molecule has 1 aliphatic carbocycles. The van der Waals surface area contributed by atoms with Crippen LogP contribution in [0.2, 0.25) is 0 Å². The Morgan fingerprint density at radius 2 is 2.06 bits per heavy atom. The average molecular weight is 237 g/mol. The minimum atomic E-state index is -1.05. The van der Waals surface area contributed by atoms with E-state index in [4.69, 9.17) is 4.74 Å². The molecule has 17 heavy (non-hydrogen) atoms. The Kier molecular flexibility index (Phi) is 3.79. The minimum Gasteiger partial charge on any atom is -0.550 e. The second-order valence-corrected chi connectivity index (χ2v) is 4.80. The Labute approximate surface area is 101 Å². The van der Waals surface area contributed by atoms with Gasteiger partial charge in [0.15, 0.2) is 0 Å². The van der Waals surface area contributed by atoms with Crippen LogP contribution in [0.4, 0.5) is 0 Å². The molecule has 0 aromatic carbocycles. The van der Waals surface area contributed by atoms with Gasteiger partial charge >= 0.3 is 5.97 Å². The molecule has 94 valence electrons. The molecule has 0 N–H and O–H groups in total. The van der Waals surface area contributed by atoms with Crippen molar-refractivity contribution in [2.75, 3.05) is 6.61 Å². The van der Waals surface area contributed by atoms with Crippen molar-refractivity contribution >= 4 is 11.9 Å². The fraction of sp³-hybridized carbons (Fsp3) is 0.615. The van der Waals surface area contributed by atoms with Crippen LogP contribution in [0.3, 0.4) is 0 Å². The standard InChI is InChI=1S/C13H18O4/c1-5-17-12(16)8(2)6-7-9-10(11(14)15)13(9,3)4/h7,9-10H,5H2,1-4H3,(H,14,15)/p-1. The first-order valence-electron chi connectivity index (χ1n) is 5.63. The quantitative estimate of drug-likeness (QED) is 0.409. The lowest BCUT2D eigenvalue weighted by molar-refractivity contribution is -0.309. The van der Waals surface area contributed by atoms with Gasteiger partial charge < -0.3 is 14.6 Å². The lowest BCUT2D eigenvalue weighted by Crippen LogP contribution is -2.26. The molecule has 1 saturated carbocycles. The molecule has 0 heterocycles. The molecule has 0 aliphatic heterocycles. The largest absolute Gasteiger partial charge is 0.550 e. The maximum absolute atomic E-state index is 11.3. The molecule has 1 aliphatic rings. The second kappa shape index (κ2) is 4.76. The molecule has 0 amide bonds. The molecule has 2 unspecified atom stereocenters. The molecule has 1 rings (SSSR count). The third-order valence-corrected chi connectivity index (χ3v) is 3.23. The summed E-state index contributed by atoms with van der Waals surface area (Å²) in [5.41, 5.74) is 2.83. The van der Waals surface area contributed by atoms with E-state index in [1.165, 1.54) is 0 Å². The molecule has 0 saturated heterocycles. The Morgan fingerprint density at radius 3 is 2.47 bits per heavy atom. The highest BCUT2D eigenvalue weighted by Crippen LogP contribution is 2.58. The van der Waals surface area contributed by atoms with E-state index in [9.17, 15) is 14.7 Å². The number of hydrogen-bond donors (Lipinski definition) is 0. The van der Waals surface area contributed by atoms with Gasteiger partial charge in [-0.25, -0.2) is 4.79 Å². The van der Waals surface area contributed by atoms with Crippen LogP contribution in [0.25, 0.3) is 0 Å². The van der Waals surface area contributed by atoms with Crippen molar-refractivity contribution in [3.8, 4) is 0 Å². The Hall–Kier alpha value is -1.54. The first-order valence-corrected chi connectivity index (χ1v) is 5.63. The van der Waals surface area contributed by atoms with Crippen molar-refractivity contribution in [3.63, 3.8) is 0 Å². The van der Waals surface area contributed by atoms with Gasteiger partial charge in [0.25, 0.3) is 0 Å². The molecule has 4 nitrogen and oxygen atoms in total. The van der Waals surface area contributed by atoms with E-state index >= 15 is 0 Å². The summed E-state index contributed by atoms with van der Waals surface area (Å²) >= 11 is 0. The highest BCUT2D eigenvalue weighted by atomic mass is 16.5. The van der Waals surface area contributed by atoms with Crippen LogP contribution in [-0.4, -0.2) is 18.5 Å². The number of carbonyl (C=O) groups is 2. The number of rotatable bonds is 4. The highest BCUT2D eigenvalue weighted by molar-refractivity contribution is 5.87. The number of ether oxygens (including phenoxy) is 1. The molecule has 1 fully saturated rings. The summed E-state index contributed by atoms with van der Waals surface area (Å²) in [6.07, 6.45) is 1.63. The van der Waals surface area contributed by atoms with E-state index in [0.29, 0.717) is 12.2 Å². The van der Waals surface area contributed by atoms with Crippen molar-refractivity contribution in [2.45, 2.75) is 27.7 Å². The molecular formula is C13H17O4-. The van der Waals surface area contributed by atoms with Gasteiger partial charge in [-0.15, -0.1) is 5.73 Å². The van der Waals surface area contributed by atoms with Gasteiger partial charge in [-0.3, -0.25) is 0 Å². The Morgan fingerprint density at radius 1 is 1.47 bits per heavy atom. The van der Waals surface area contributed by atoms with Gasteiger partial charge in [0.05, 0.1) is 12.2 Å². The predicted molar refractivity (Wildman–Crippen MR) is 59.7 cm³/mol. The molecule has 4 heteroatoms. The van der Waals surface area contributed by atoms with Crippen LogP contribution >= 0.6 is 0 Å². The zero-order chi connectivity index (χ0) is 13.2. The van der Waals surface area contributed by atoms with E-state index in [1.807, 2.05) is 13.8 Å². The smallest absolute Gasteiger partial charge is 0.341 e. The molecule has 0 bridgehead atoms. The van der Waals surface area contributed by atoms with Gasteiger partial charge in [-0.2, -0.15) is 0 Å². The van der Waals surface area contributed by atoms with E-state index in [2.05, 4.69) is 5.73 Å². The van der Waals surface area contributed by atoms with Crippen LogP contribution in [0.15, 0.2) is 17.4 Å². The highest BCUT2D eigenvalue weighted by Gasteiger charge is 2.57. The zero-order valence-corrected chi connectivity index (χ0v) is 10.6. The number of esters is 1. The first kappa shape index (κ1) is 13.5. The van der Waals surface area contributed by atoms with Crippen molar-refractivity contribution in [3.05, 3.63) is 17.4 Å². The fourth-order valence-electron chi connectivity index (χ4n) is 1.95. The van der Waals surface area contributed by atoms with Gasteiger partial charge in [-0.1, -0.05) is 13.8 Å². The van der Waals surface area contributed by atoms with E-state index in [-0.39, 0.29) is 11.3 Å². The summed E-state index contributed by atoms with van der Waals surface area (Å²) in [6.45, 7) is 7.35. The topological polar surface area (TPSA) is 66.4 Å². The van der Waals surface area contributed by atoms with Crippen LogP contribution in [0.1, 0.15) is 27.7 Å². The van der Waals surface area contributed by atoms with Crippen molar-refractivity contribution < 1.29 is 19.4 Å². The van der Waals surface area contributed by atoms with Gasteiger partial charge in [0.2, 0.25) is 0 Å². The fourth-order valence-corrected chi connectivity index (χ4v) is 1.95. The molecule has 2 atom stereocenters. The number of carboxylic acids is 1. The lowest BCUT2D eigenvalue weighted by atomic mass is 10.1. The van der Waals surface area contributed by atoms with Crippen LogP contribution in [0, 0.1) is 17.3 Å². The monoisotopic (exact) mass is 237 g/mol. The maximum Gasteiger partial charge on any atom is 0.341 e. The summed E-state index contributed by atoms with van der Waals surface area (Å²) in [4.78, 5) is 22.1. The van der Waals surface area contributed by atoms with E-state index < -0.39 is 17.9 Å². The van der Waals surface area contributed by atoms with Gasteiger partial charge in [-0.05, 0) is 31.3 Å². The number of carboxylic acid groups (broad SMARTS) is 1. The van der Waals surface area contributed by atoms with Crippen molar-refractivity contribution in [1.29, 1.82) is 0 Å².